The first kappa shape index (κ1) is 25.2. The Morgan fingerprint density at radius 1 is 0.775 bits per heavy atom. The van der Waals surface area contributed by atoms with Crippen LogP contribution in [0, 0.1) is 5.82 Å². The maximum absolute atomic E-state index is 14.1. The van der Waals surface area contributed by atoms with Crippen molar-refractivity contribution < 1.29 is 13.9 Å². The minimum atomic E-state index is -1.00. The molecule has 0 aromatic heterocycles. The molecule has 5 heteroatoms. The molecule has 0 bridgehead atoms. The van der Waals surface area contributed by atoms with E-state index in [1.165, 1.54) is 34.4 Å². The molecule has 2 aliphatic rings. The fourth-order valence-electron chi connectivity index (χ4n) is 6.44. The second kappa shape index (κ2) is 8.86. The van der Waals surface area contributed by atoms with Crippen molar-refractivity contribution in [3.8, 4) is 22.6 Å². The van der Waals surface area contributed by atoms with Gasteiger partial charge < -0.3 is 9.47 Å². The maximum Gasteiger partial charge on any atom is 0.178 e. The summed E-state index contributed by atoms with van der Waals surface area (Å²) in [6.07, 6.45) is 4.23. The summed E-state index contributed by atoms with van der Waals surface area (Å²) in [4.78, 5) is 0. The molecule has 0 amide bonds. The van der Waals surface area contributed by atoms with E-state index in [4.69, 9.17) is 32.7 Å². The summed E-state index contributed by atoms with van der Waals surface area (Å²) in [5.74, 6) is 1.18. The van der Waals surface area contributed by atoms with Crippen LogP contribution < -0.4 is 9.47 Å². The third-order valence-electron chi connectivity index (χ3n) is 8.35. The Morgan fingerprint density at radius 2 is 1.43 bits per heavy atom. The Kier molecular flexibility index (Phi) is 5.58. The van der Waals surface area contributed by atoms with Crippen LogP contribution in [-0.4, -0.2) is 7.11 Å². The topological polar surface area (TPSA) is 18.5 Å². The Bertz CT molecular complexity index is 1860. The minimum absolute atomic E-state index is 0.304. The zero-order valence-corrected chi connectivity index (χ0v) is 23.7. The van der Waals surface area contributed by atoms with Gasteiger partial charge in [-0.3, -0.25) is 0 Å². The number of hydrogen-bond acceptors (Lipinski definition) is 2. The zero-order chi connectivity index (χ0) is 27.8. The smallest absolute Gasteiger partial charge is 0.178 e. The highest BCUT2D eigenvalue weighted by molar-refractivity contribution is 6.32. The molecule has 40 heavy (non-hydrogen) atoms. The second-order valence-corrected chi connectivity index (χ2v) is 11.8. The van der Waals surface area contributed by atoms with Gasteiger partial charge in [0.2, 0.25) is 0 Å². The van der Waals surface area contributed by atoms with Gasteiger partial charge in [0.25, 0.3) is 0 Å². The SMILES string of the molecule is COc1ccc(C2(c3ccc(F)cc3)C=Cc3c4c(c5ccc(Cl)cc5c3O2)-c2ccc(Cl)cc2C4(C)C)cc1. The summed E-state index contributed by atoms with van der Waals surface area (Å²) in [5, 5.41) is 3.32. The number of fused-ring (bicyclic) bond motifs is 8. The van der Waals surface area contributed by atoms with E-state index in [9.17, 15) is 4.39 Å². The van der Waals surface area contributed by atoms with Gasteiger partial charge in [0.05, 0.1) is 7.11 Å². The summed E-state index contributed by atoms with van der Waals surface area (Å²) < 4.78 is 26.7. The number of rotatable bonds is 3. The van der Waals surface area contributed by atoms with Crippen LogP contribution in [0.1, 0.15) is 41.7 Å². The van der Waals surface area contributed by atoms with E-state index in [0.717, 1.165) is 39.0 Å². The van der Waals surface area contributed by atoms with Crippen molar-refractivity contribution in [3.63, 3.8) is 0 Å². The third-order valence-corrected chi connectivity index (χ3v) is 8.82. The average Bonchev–Trinajstić information content (AvgIpc) is 3.19. The number of hydrogen-bond donors (Lipinski definition) is 0. The molecular formula is C35H25Cl2FO2. The Hall–Kier alpha value is -3.79. The average molecular weight is 567 g/mol. The summed E-state index contributed by atoms with van der Waals surface area (Å²) in [6.45, 7) is 4.46. The van der Waals surface area contributed by atoms with E-state index in [1.807, 2.05) is 42.5 Å². The molecule has 0 fully saturated rings. The first-order valence-corrected chi connectivity index (χ1v) is 13.9. The van der Waals surface area contributed by atoms with Gasteiger partial charge in [-0.1, -0.05) is 79.5 Å². The number of ether oxygens (including phenoxy) is 2. The van der Waals surface area contributed by atoms with Gasteiger partial charge in [-0.05, 0) is 82.2 Å². The third kappa shape index (κ3) is 3.54. The summed E-state index contributed by atoms with van der Waals surface area (Å²) >= 11 is 13.1. The standard InChI is InChI=1S/C35H25Cl2FO2/c1-34(2)30-19-23(37)9-15-27(30)31-26-14-8-22(36)18-29(26)33-28(32(31)34)16-17-35(40-33,20-4-10-24(38)11-5-20)21-6-12-25(39-3)13-7-21/h4-19H,1-3H3. The molecule has 1 atom stereocenters. The number of halogens is 3. The molecule has 198 valence electrons. The molecule has 7 rings (SSSR count). The van der Waals surface area contributed by atoms with Crippen LogP contribution in [0.25, 0.3) is 28.0 Å². The van der Waals surface area contributed by atoms with Gasteiger partial charge in [-0.2, -0.15) is 0 Å². The van der Waals surface area contributed by atoms with E-state index in [2.05, 4.69) is 44.2 Å². The molecule has 5 aromatic rings. The van der Waals surface area contributed by atoms with Crippen molar-refractivity contribution in [2.75, 3.05) is 7.11 Å². The molecule has 1 heterocycles. The predicted octanol–water partition coefficient (Wildman–Crippen LogP) is 9.95. The van der Waals surface area contributed by atoms with Crippen LogP contribution in [0.3, 0.4) is 0 Å². The predicted molar refractivity (Wildman–Crippen MR) is 161 cm³/mol. The molecule has 1 aliphatic carbocycles. The minimum Gasteiger partial charge on any atom is -0.497 e. The van der Waals surface area contributed by atoms with Gasteiger partial charge >= 0.3 is 0 Å². The van der Waals surface area contributed by atoms with Crippen LogP contribution in [0.2, 0.25) is 10.0 Å². The number of benzene rings is 5. The quantitative estimate of drug-likeness (QED) is 0.216. The van der Waals surface area contributed by atoms with Crippen LogP contribution in [0.5, 0.6) is 11.5 Å². The summed E-state index contributed by atoms with van der Waals surface area (Å²) in [5.41, 5.74) is 6.09. The monoisotopic (exact) mass is 566 g/mol. The van der Waals surface area contributed by atoms with Crippen molar-refractivity contribution in [2.24, 2.45) is 0 Å². The highest BCUT2D eigenvalue weighted by atomic mass is 35.5. The lowest BCUT2D eigenvalue weighted by molar-refractivity contribution is 0.163. The van der Waals surface area contributed by atoms with Gasteiger partial charge in [-0.25, -0.2) is 4.39 Å². The molecule has 0 spiro atoms. The van der Waals surface area contributed by atoms with Crippen LogP contribution >= 0.6 is 23.2 Å². The van der Waals surface area contributed by atoms with Crippen molar-refractivity contribution in [1.82, 2.24) is 0 Å². The zero-order valence-electron chi connectivity index (χ0n) is 22.2. The van der Waals surface area contributed by atoms with E-state index in [1.54, 1.807) is 19.2 Å². The van der Waals surface area contributed by atoms with E-state index >= 15 is 0 Å². The van der Waals surface area contributed by atoms with E-state index < -0.39 is 5.60 Å². The first-order valence-electron chi connectivity index (χ1n) is 13.1. The van der Waals surface area contributed by atoms with Crippen molar-refractivity contribution >= 4 is 40.1 Å². The highest BCUT2D eigenvalue weighted by Crippen LogP contribution is 2.58. The van der Waals surface area contributed by atoms with Gasteiger partial charge in [0.1, 0.15) is 17.3 Å². The molecule has 0 radical (unpaired) electrons. The lowest BCUT2D eigenvalue weighted by Crippen LogP contribution is -2.35. The van der Waals surface area contributed by atoms with Crippen LogP contribution in [0.15, 0.2) is 91.0 Å². The Labute approximate surface area is 242 Å². The van der Waals surface area contributed by atoms with Crippen LogP contribution in [-0.2, 0) is 11.0 Å². The normalized spacial score (nSPS) is 18.1. The largest absolute Gasteiger partial charge is 0.497 e. The molecule has 5 aromatic carbocycles. The molecule has 0 saturated heterocycles. The molecule has 1 aliphatic heterocycles. The second-order valence-electron chi connectivity index (χ2n) is 10.9. The Balaban J connectivity index is 1.55. The van der Waals surface area contributed by atoms with Crippen LogP contribution in [0.4, 0.5) is 4.39 Å². The number of methoxy groups -OCH3 is 1. The van der Waals surface area contributed by atoms with E-state index in [-0.39, 0.29) is 11.2 Å². The maximum atomic E-state index is 14.1. The van der Waals surface area contributed by atoms with Gasteiger partial charge in [0, 0.05) is 37.5 Å². The van der Waals surface area contributed by atoms with Gasteiger partial charge in [0.15, 0.2) is 5.60 Å². The lowest BCUT2D eigenvalue weighted by Gasteiger charge is -2.38. The summed E-state index contributed by atoms with van der Waals surface area (Å²) in [6, 6.07) is 26.4. The highest BCUT2D eigenvalue weighted by Gasteiger charge is 2.44. The molecular weight excluding hydrogens is 542 g/mol. The fraction of sp³-hybridized carbons (Fsp3) is 0.143. The van der Waals surface area contributed by atoms with Gasteiger partial charge in [-0.15, -0.1) is 0 Å². The molecule has 0 saturated carbocycles. The molecule has 2 nitrogen and oxygen atoms in total. The van der Waals surface area contributed by atoms with Crippen molar-refractivity contribution in [3.05, 3.63) is 135 Å². The molecule has 0 N–H and O–H groups in total. The van der Waals surface area contributed by atoms with Crippen molar-refractivity contribution in [2.45, 2.75) is 24.9 Å². The fourth-order valence-corrected chi connectivity index (χ4v) is 6.79. The summed E-state index contributed by atoms with van der Waals surface area (Å²) in [7, 11) is 1.64. The van der Waals surface area contributed by atoms with Crippen molar-refractivity contribution in [1.29, 1.82) is 0 Å². The Morgan fingerprint density at radius 3 is 2.12 bits per heavy atom. The lowest BCUT2D eigenvalue weighted by atomic mass is 9.77. The first-order chi connectivity index (χ1) is 19.2. The molecule has 1 unspecified atom stereocenters. The van der Waals surface area contributed by atoms with E-state index in [0.29, 0.717) is 10.0 Å².